The predicted octanol–water partition coefficient (Wildman–Crippen LogP) is 2.18. The van der Waals surface area contributed by atoms with Gasteiger partial charge in [0.15, 0.2) is 0 Å². The average Bonchev–Trinajstić information content (AvgIpc) is 2.67. The van der Waals surface area contributed by atoms with E-state index in [1.165, 1.54) is 5.69 Å². The van der Waals surface area contributed by atoms with Crippen molar-refractivity contribution in [3.63, 3.8) is 0 Å². The number of nitrogens with zero attached hydrogens (tertiary/aromatic N) is 2. The van der Waals surface area contributed by atoms with Crippen molar-refractivity contribution >= 4 is 5.69 Å². The van der Waals surface area contributed by atoms with Crippen molar-refractivity contribution in [2.75, 3.05) is 11.4 Å². The van der Waals surface area contributed by atoms with Gasteiger partial charge in [0.25, 0.3) is 0 Å². The fraction of sp³-hybridized carbons (Fsp3) is 0.364. The van der Waals surface area contributed by atoms with Gasteiger partial charge in [-0.25, -0.2) is 0 Å². The highest BCUT2D eigenvalue weighted by atomic mass is 15.2. The van der Waals surface area contributed by atoms with Gasteiger partial charge in [-0.3, -0.25) is 0 Å². The molecule has 1 aromatic rings. The van der Waals surface area contributed by atoms with Crippen LogP contribution in [0.3, 0.4) is 0 Å². The van der Waals surface area contributed by atoms with Gasteiger partial charge in [0.05, 0.1) is 6.07 Å². The smallest absolute Gasteiger partial charge is 0.116 e. The molecule has 66 valence electrons. The summed E-state index contributed by atoms with van der Waals surface area (Å²) < 4.78 is 0. The topological polar surface area (TPSA) is 27.0 Å². The first-order chi connectivity index (χ1) is 6.42. The highest BCUT2D eigenvalue weighted by molar-refractivity contribution is 5.49. The minimum absolute atomic E-state index is 0.0856. The number of anilines is 1. The SMILES string of the molecule is N#CC1CCCN1c1ccccc1. The van der Waals surface area contributed by atoms with E-state index in [4.69, 9.17) is 5.26 Å². The second-order valence-electron chi connectivity index (χ2n) is 3.32. The van der Waals surface area contributed by atoms with Gasteiger partial charge in [0, 0.05) is 12.2 Å². The molecule has 2 heteroatoms. The van der Waals surface area contributed by atoms with Crippen LogP contribution in [0.5, 0.6) is 0 Å². The number of benzene rings is 1. The first-order valence-electron chi connectivity index (χ1n) is 4.63. The molecule has 0 aromatic heterocycles. The molecule has 2 rings (SSSR count). The number of rotatable bonds is 1. The van der Waals surface area contributed by atoms with E-state index in [-0.39, 0.29) is 6.04 Å². The van der Waals surface area contributed by atoms with Crippen LogP contribution in [0.4, 0.5) is 5.69 Å². The van der Waals surface area contributed by atoms with Crippen molar-refractivity contribution in [2.45, 2.75) is 18.9 Å². The van der Waals surface area contributed by atoms with Gasteiger partial charge in [0.2, 0.25) is 0 Å². The maximum Gasteiger partial charge on any atom is 0.116 e. The van der Waals surface area contributed by atoms with Crippen LogP contribution < -0.4 is 4.90 Å². The van der Waals surface area contributed by atoms with Crippen molar-refractivity contribution in [2.24, 2.45) is 0 Å². The molecule has 1 heterocycles. The quantitative estimate of drug-likeness (QED) is 0.649. The zero-order valence-corrected chi connectivity index (χ0v) is 7.48. The van der Waals surface area contributed by atoms with Crippen molar-refractivity contribution in [3.05, 3.63) is 30.3 Å². The van der Waals surface area contributed by atoms with E-state index < -0.39 is 0 Å². The van der Waals surface area contributed by atoms with Crippen molar-refractivity contribution in [3.8, 4) is 6.07 Å². The monoisotopic (exact) mass is 172 g/mol. The number of para-hydroxylation sites is 1. The van der Waals surface area contributed by atoms with Crippen LogP contribution >= 0.6 is 0 Å². The van der Waals surface area contributed by atoms with E-state index in [0.29, 0.717) is 0 Å². The van der Waals surface area contributed by atoms with E-state index >= 15 is 0 Å². The minimum Gasteiger partial charge on any atom is -0.356 e. The van der Waals surface area contributed by atoms with Crippen molar-refractivity contribution in [1.29, 1.82) is 5.26 Å². The van der Waals surface area contributed by atoms with Crippen LogP contribution in [-0.2, 0) is 0 Å². The Hall–Kier alpha value is -1.49. The lowest BCUT2D eigenvalue weighted by atomic mass is 10.2. The van der Waals surface area contributed by atoms with E-state index in [1.807, 2.05) is 18.2 Å². The molecular weight excluding hydrogens is 160 g/mol. The largest absolute Gasteiger partial charge is 0.356 e. The molecule has 1 fully saturated rings. The summed E-state index contributed by atoms with van der Waals surface area (Å²) in [5, 5.41) is 8.91. The van der Waals surface area contributed by atoms with Gasteiger partial charge in [-0.2, -0.15) is 5.26 Å². The maximum absolute atomic E-state index is 8.91. The molecule has 13 heavy (non-hydrogen) atoms. The third-order valence-electron chi connectivity index (χ3n) is 2.49. The van der Waals surface area contributed by atoms with E-state index in [0.717, 1.165) is 19.4 Å². The Bertz CT molecular complexity index is 313. The second kappa shape index (κ2) is 3.49. The molecule has 1 atom stereocenters. The molecule has 0 spiro atoms. The Labute approximate surface area is 78.4 Å². The second-order valence-corrected chi connectivity index (χ2v) is 3.32. The lowest BCUT2D eigenvalue weighted by Gasteiger charge is -2.21. The first kappa shape index (κ1) is 8.12. The van der Waals surface area contributed by atoms with Gasteiger partial charge in [-0.1, -0.05) is 18.2 Å². The van der Waals surface area contributed by atoms with E-state index in [2.05, 4.69) is 23.1 Å². The molecule has 1 aliphatic heterocycles. The lowest BCUT2D eigenvalue weighted by Crippen LogP contribution is -2.27. The van der Waals surface area contributed by atoms with Crippen LogP contribution in [0.25, 0.3) is 0 Å². The molecule has 0 aliphatic carbocycles. The third-order valence-corrected chi connectivity index (χ3v) is 2.49. The Morgan fingerprint density at radius 1 is 1.31 bits per heavy atom. The van der Waals surface area contributed by atoms with Crippen LogP contribution in [0.1, 0.15) is 12.8 Å². The number of nitriles is 1. The summed E-state index contributed by atoms with van der Waals surface area (Å²) in [5.74, 6) is 0. The zero-order chi connectivity index (χ0) is 9.10. The molecule has 0 amide bonds. The normalized spacial score (nSPS) is 21.5. The standard InChI is InChI=1S/C11H12N2/c12-9-11-7-4-8-13(11)10-5-2-1-3-6-10/h1-3,5-6,11H,4,7-8H2. The molecule has 1 unspecified atom stereocenters. The van der Waals surface area contributed by atoms with Gasteiger partial charge in [0.1, 0.15) is 6.04 Å². The van der Waals surface area contributed by atoms with Crippen LogP contribution in [0.2, 0.25) is 0 Å². The van der Waals surface area contributed by atoms with Crippen LogP contribution in [-0.4, -0.2) is 12.6 Å². The molecule has 0 bridgehead atoms. The van der Waals surface area contributed by atoms with Crippen LogP contribution in [0, 0.1) is 11.3 Å². The molecular formula is C11H12N2. The lowest BCUT2D eigenvalue weighted by molar-refractivity contribution is 0.818. The summed E-state index contributed by atoms with van der Waals surface area (Å²) in [6.45, 7) is 1.02. The highest BCUT2D eigenvalue weighted by Crippen LogP contribution is 2.24. The van der Waals surface area contributed by atoms with Crippen molar-refractivity contribution < 1.29 is 0 Å². The molecule has 1 aromatic carbocycles. The molecule has 2 nitrogen and oxygen atoms in total. The minimum atomic E-state index is 0.0856. The highest BCUT2D eigenvalue weighted by Gasteiger charge is 2.23. The fourth-order valence-corrected chi connectivity index (χ4v) is 1.83. The molecule has 1 aliphatic rings. The maximum atomic E-state index is 8.91. The number of hydrogen-bond donors (Lipinski definition) is 0. The van der Waals surface area contributed by atoms with Gasteiger partial charge >= 0.3 is 0 Å². The Kier molecular flexibility index (Phi) is 2.18. The molecule has 0 saturated carbocycles. The van der Waals surface area contributed by atoms with Gasteiger partial charge in [-0.15, -0.1) is 0 Å². The predicted molar refractivity (Wildman–Crippen MR) is 52.4 cm³/mol. The molecule has 1 saturated heterocycles. The average molecular weight is 172 g/mol. The summed E-state index contributed by atoms with van der Waals surface area (Å²) in [7, 11) is 0. The summed E-state index contributed by atoms with van der Waals surface area (Å²) in [4.78, 5) is 2.18. The summed E-state index contributed by atoms with van der Waals surface area (Å²) in [6, 6.07) is 12.6. The van der Waals surface area contributed by atoms with Crippen molar-refractivity contribution in [1.82, 2.24) is 0 Å². The first-order valence-corrected chi connectivity index (χ1v) is 4.63. The molecule has 0 radical (unpaired) electrons. The molecule has 0 N–H and O–H groups in total. The zero-order valence-electron chi connectivity index (χ0n) is 7.48. The summed E-state index contributed by atoms with van der Waals surface area (Å²) in [6.07, 6.45) is 2.14. The Morgan fingerprint density at radius 3 is 2.77 bits per heavy atom. The van der Waals surface area contributed by atoms with Crippen LogP contribution in [0.15, 0.2) is 30.3 Å². The summed E-state index contributed by atoms with van der Waals surface area (Å²) in [5.41, 5.74) is 1.17. The Balaban J connectivity index is 2.22. The number of hydrogen-bond acceptors (Lipinski definition) is 2. The van der Waals surface area contributed by atoms with E-state index in [1.54, 1.807) is 0 Å². The third kappa shape index (κ3) is 1.50. The summed E-state index contributed by atoms with van der Waals surface area (Å²) >= 11 is 0. The fourth-order valence-electron chi connectivity index (χ4n) is 1.83. The Morgan fingerprint density at radius 2 is 2.08 bits per heavy atom. The van der Waals surface area contributed by atoms with Gasteiger partial charge < -0.3 is 4.90 Å². The van der Waals surface area contributed by atoms with E-state index in [9.17, 15) is 0 Å². The van der Waals surface area contributed by atoms with Gasteiger partial charge in [-0.05, 0) is 25.0 Å².